The fourth-order valence-corrected chi connectivity index (χ4v) is 2.81. The number of benzene rings is 2. The van der Waals surface area contributed by atoms with Crippen LogP contribution in [0.25, 0.3) is 0 Å². The molecule has 2 rings (SSSR count). The van der Waals surface area contributed by atoms with Crippen LogP contribution >= 0.6 is 46.4 Å². The lowest BCUT2D eigenvalue weighted by atomic mass is 10.0. The van der Waals surface area contributed by atoms with Crippen molar-refractivity contribution in [3.8, 4) is 0 Å². The van der Waals surface area contributed by atoms with Gasteiger partial charge in [-0.3, -0.25) is 4.79 Å². The summed E-state index contributed by atoms with van der Waals surface area (Å²) in [6.07, 6.45) is -0.720. The van der Waals surface area contributed by atoms with Gasteiger partial charge in [0, 0.05) is 31.2 Å². The molecule has 2 aromatic carbocycles. The molecule has 0 aliphatic heterocycles. The minimum Gasteiger partial charge on any atom is -0.455 e. The summed E-state index contributed by atoms with van der Waals surface area (Å²) >= 11 is 24.0. The summed E-state index contributed by atoms with van der Waals surface area (Å²) in [5.41, 5.74) is 1.18. The number of carbonyl (C=O) groups excluding carboxylic acids is 1. The monoisotopic (exact) mass is 348 g/mol. The van der Waals surface area contributed by atoms with Crippen molar-refractivity contribution in [3.63, 3.8) is 0 Å². The molecule has 0 saturated carbocycles. The summed E-state index contributed by atoms with van der Waals surface area (Å²) < 4.78 is 5.12. The Kier molecular flexibility index (Phi) is 5.17. The fourth-order valence-electron chi connectivity index (χ4n) is 1.80. The molecule has 2 aromatic rings. The average Bonchev–Trinajstić information content (AvgIpc) is 2.37. The van der Waals surface area contributed by atoms with E-state index in [9.17, 15) is 4.79 Å². The first kappa shape index (κ1) is 15.5. The highest BCUT2D eigenvalue weighted by molar-refractivity contribution is 6.36. The van der Waals surface area contributed by atoms with Gasteiger partial charge in [0.25, 0.3) is 6.47 Å². The van der Waals surface area contributed by atoms with Crippen LogP contribution in [0.1, 0.15) is 17.2 Å². The fraction of sp³-hybridized carbons (Fsp3) is 0.0714. The van der Waals surface area contributed by atoms with Gasteiger partial charge in [0.1, 0.15) is 0 Å². The van der Waals surface area contributed by atoms with Gasteiger partial charge in [-0.15, -0.1) is 0 Å². The van der Waals surface area contributed by atoms with Gasteiger partial charge in [-0.05, 0) is 24.3 Å². The van der Waals surface area contributed by atoms with Gasteiger partial charge in [0.15, 0.2) is 6.10 Å². The Bertz CT molecular complexity index is 592. The zero-order valence-corrected chi connectivity index (χ0v) is 13.0. The van der Waals surface area contributed by atoms with Gasteiger partial charge in [0.2, 0.25) is 0 Å². The van der Waals surface area contributed by atoms with Crippen LogP contribution in [0.5, 0.6) is 0 Å². The third-order valence-corrected chi connectivity index (χ3v) is 3.81. The molecule has 0 fully saturated rings. The summed E-state index contributed by atoms with van der Waals surface area (Å²) in [6, 6.07) is 9.84. The van der Waals surface area contributed by atoms with Crippen LogP contribution in [0.15, 0.2) is 36.4 Å². The first-order valence-electron chi connectivity index (χ1n) is 5.52. The van der Waals surface area contributed by atoms with Crippen LogP contribution in [-0.2, 0) is 9.53 Å². The normalized spacial score (nSPS) is 10.7. The molecule has 0 N–H and O–H groups in total. The Morgan fingerprint density at radius 2 is 1.30 bits per heavy atom. The Hall–Kier alpha value is -0.930. The van der Waals surface area contributed by atoms with E-state index < -0.39 is 6.10 Å². The molecule has 0 aliphatic rings. The van der Waals surface area contributed by atoms with Crippen LogP contribution in [0, 0.1) is 0 Å². The molecular weight excluding hydrogens is 342 g/mol. The Morgan fingerprint density at radius 3 is 1.65 bits per heavy atom. The predicted octanol–water partition coefficient (Wildman–Crippen LogP) is 5.56. The van der Waals surface area contributed by atoms with Crippen molar-refractivity contribution in [2.24, 2.45) is 0 Å². The lowest BCUT2D eigenvalue weighted by Crippen LogP contribution is -2.06. The summed E-state index contributed by atoms with van der Waals surface area (Å²) in [4.78, 5) is 10.8. The van der Waals surface area contributed by atoms with E-state index in [1.54, 1.807) is 36.4 Å². The number of hydrogen-bond acceptors (Lipinski definition) is 2. The topological polar surface area (TPSA) is 26.3 Å². The van der Waals surface area contributed by atoms with E-state index in [-0.39, 0.29) is 0 Å². The van der Waals surface area contributed by atoms with Crippen molar-refractivity contribution in [2.75, 3.05) is 0 Å². The maximum atomic E-state index is 10.8. The van der Waals surface area contributed by atoms with Gasteiger partial charge < -0.3 is 4.74 Å². The van der Waals surface area contributed by atoms with E-state index in [2.05, 4.69) is 0 Å². The molecule has 6 heteroatoms. The summed E-state index contributed by atoms with van der Waals surface area (Å²) in [5.74, 6) is 0. The average molecular weight is 350 g/mol. The minimum atomic E-state index is -0.720. The maximum Gasteiger partial charge on any atom is 0.294 e. The zero-order valence-electron chi connectivity index (χ0n) is 9.95. The first-order valence-corrected chi connectivity index (χ1v) is 7.03. The van der Waals surface area contributed by atoms with Crippen LogP contribution in [0.4, 0.5) is 0 Å². The van der Waals surface area contributed by atoms with Crippen molar-refractivity contribution in [1.29, 1.82) is 0 Å². The van der Waals surface area contributed by atoms with Crippen molar-refractivity contribution in [1.82, 2.24) is 0 Å². The SMILES string of the molecule is O=COC(c1ccc(Cl)cc1Cl)c1ccc(Cl)cc1Cl. The van der Waals surface area contributed by atoms with Crippen molar-refractivity contribution in [2.45, 2.75) is 6.10 Å². The molecule has 2 nitrogen and oxygen atoms in total. The molecule has 0 bridgehead atoms. The van der Waals surface area contributed by atoms with E-state index in [4.69, 9.17) is 51.1 Å². The highest BCUT2D eigenvalue weighted by Gasteiger charge is 2.21. The Labute approximate surface area is 136 Å². The van der Waals surface area contributed by atoms with Crippen molar-refractivity contribution >= 4 is 52.9 Å². The lowest BCUT2D eigenvalue weighted by Gasteiger charge is -2.19. The molecule has 0 aromatic heterocycles. The lowest BCUT2D eigenvalue weighted by molar-refractivity contribution is -0.132. The quantitative estimate of drug-likeness (QED) is 0.675. The van der Waals surface area contributed by atoms with Gasteiger partial charge in [-0.2, -0.15) is 0 Å². The molecule has 0 heterocycles. The number of rotatable bonds is 4. The first-order chi connectivity index (χ1) is 9.52. The van der Waals surface area contributed by atoms with E-state index in [1.165, 1.54) is 0 Å². The predicted molar refractivity (Wildman–Crippen MR) is 81.9 cm³/mol. The molecule has 0 amide bonds. The molecule has 0 unspecified atom stereocenters. The summed E-state index contributed by atoms with van der Waals surface area (Å²) in [7, 11) is 0. The van der Waals surface area contributed by atoms with E-state index in [0.29, 0.717) is 37.7 Å². The van der Waals surface area contributed by atoms with Crippen molar-refractivity contribution < 1.29 is 9.53 Å². The Morgan fingerprint density at radius 1 is 0.850 bits per heavy atom. The van der Waals surface area contributed by atoms with Gasteiger partial charge in [0.05, 0.1) is 0 Å². The van der Waals surface area contributed by atoms with Crippen molar-refractivity contribution in [3.05, 3.63) is 67.6 Å². The van der Waals surface area contributed by atoms with Gasteiger partial charge in [-0.1, -0.05) is 58.5 Å². The van der Waals surface area contributed by atoms with E-state index in [0.717, 1.165) is 0 Å². The molecule has 20 heavy (non-hydrogen) atoms. The molecule has 0 spiro atoms. The van der Waals surface area contributed by atoms with Crippen LogP contribution in [0.2, 0.25) is 20.1 Å². The third-order valence-electron chi connectivity index (χ3n) is 2.68. The molecule has 0 radical (unpaired) electrons. The largest absolute Gasteiger partial charge is 0.455 e. The Balaban J connectivity index is 2.52. The van der Waals surface area contributed by atoms with E-state index in [1.807, 2.05) is 0 Å². The standard InChI is InChI=1S/C14H8Cl4O2/c15-8-1-3-10(12(17)5-8)14(20-7-19)11-4-2-9(16)6-13(11)18/h1-7,14H. The number of halogens is 4. The number of hydrogen-bond donors (Lipinski definition) is 0. The second-order valence-corrected chi connectivity index (χ2v) is 5.63. The molecule has 0 aliphatic carbocycles. The van der Waals surface area contributed by atoms with Gasteiger partial charge in [-0.25, -0.2) is 0 Å². The minimum absolute atomic E-state index is 0.348. The van der Waals surface area contributed by atoms with Crippen LogP contribution in [0.3, 0.4) is 0 Å². The smallest absolute Gasteiger partial charge is 0.294 e. The van der Waals surface area contributed by atoms with Gasteiger partial charge >= 0.3 is 0 Å². The summed E-state index contributed by atoms with van der Waals surface area (Å²) in [5, 5.41) is 1.75. The molecule has 0 saturated heterocycles. The third kappa shape index (κ3) is 3.39. The highest BCUT2D eigenvalue weighted by atomic mass is 35.5. The van der Waals surface area contributed by atoms with E-state index >= 15 is 0 Å². The second-order valence-electron chi connectivity index (χ2n) is 3.94. The highest BCUT2D eigenvalue weighted by Crippen LogP contribution is 2.36. The number of carbonyl (C=O) groups is 1. The molecule has 0 atom stereocenters. The maximum absolute atomic E-state index is 10.8. The summed E-state index contributed by atoms with van der Waals surface area (Å²) in [6.45, 7) is 0.348. The molecule has 104 valence electrons. The number of ether oxygens (including phenoxy) is 1. The second kappa shape index (κ2) is 6.68. The zero-order chi connectivity index (χ0) is 14.7. The molecular formula is C14H8Cl4O2. The van der Waals surface area contributed by atoms with Crippen LogP contribution in [-0.4, -0.2) is 6.47 Å². The van der Waals surface area contributed by atoms with Crippen LogP contribution < -0.4 is 0 Å².